The van der Waals surface area contributed by atoms with Gasteiger partial charge in [-0.05, 0) is 25.2 Å². The fourth-order valence-electron chi connectivity index (χ4n) is 1.89. The van der Waals surface area contributed by atoms with Crippen molar-refractivity contribution >= 4 is 0 Å². The summed E-state index contributed by atoms with van der Waals surface area (Å²) in [5.74, 6) is 0.526. The number of nitrogens with zero attached hydrogens (tertiary/aromatic N) is 3. The lowest BCUT2D eigenvalue weighted by Gasteiger charge is -2.09. The molecule has 0 aromatic carbocycles. The molecule has 0 aliphatic carbocycles. The topological polar surface area (TPSA) is 30.7 Å². The second-order valence-electron chi connectivity index (χ2n) is 4.40. The molecule has 0 saturated heterocycles. The minimum atomic E-state index is 0.526. The van der Waals surface area contributed by atoms with Crippen molar-refractivity contribution in [2.75, 3.05) is 0 Å². The van der Waals surface area contributed by atoms with Crippen molar-refractivity contribution < 1.29 is 0 Å². The lowest BCUT2D eigenvalue weighted by atomic mass is 10.0. The molecule has 0 saturated carbocycles. The monoisotopic (exact) mass is 209 g/mol. The zero-order valence-electron chi connectivity index (χ0n) is 10.5. The van der Waals surface area contributed by atoms with Gasteiger partial charge in [0.25, 0.3) is 0 Å². The van der Waals surface area contributed by atoms with Gasteiger partial charge >= 0.3 is 0 Å². The third-order valence-corrected chi connectivity index (χ3v) is 2.60. The number of unbranched alkanes of at least 4 members (excludes halogenated alkanes) is 1. The molecule has 1 aromatic heterocycles. The van der Waals surface area contributed by atoms with Crippen LogP contribution in [0.25, 0.3) is 0 Å². The average Bonchev–Trinajstić information content (AvgIpc) is 2.58. The predicted octanol–water partition coefficient (Wildman–Crippen LogP) is 3.15. The van der Waals surface area contributed by atoms with Crippen LogP contribution in [-0.4, -0.2) is 15.0 Å². The lowest BCUT2D eigenvalue weighted by Crippen LogP contribution is -2.07. The number of hydrogen-bond donors (Lipinski definition) is 0. The quantitative estimate of drug-likeness (QED) is 0.720. The molecule has 0 radical (unpaired) electrons. The molecule has 0 bridgehead atoms. The van der Waals surface area contributed by atoms with Crippen LogP contribution in [0.2, 0.25) is 0 Å². The molecule has 1 rings (SSSR count). The summed E-state index contributed by atoms with van der Waals surface area (Å²) in [6.45, 7) is 9.83. The highest BCUT2D eigenvalue weighted by Gasteiger charge is 2.14. The Morgan fingerprint density at radius 2 is 1.93 bits per heavy atom. The van der Waals surface area contributed by atoms with Crippen LogP contribution < -0.4 is 0 Å². The molecule has 1 aromatic rings. The number of rotatable bonds is 6. The lowest BCUT2D eigenvalue weighted by molar-refractivity contribution is 0.541. The van der Waals surface area contributed by atoms with Gasteiger partial charge in [0.05, 0.1) is 11.4 Å². The standard InChI is InChI=1S/C12H23N3/c1-5-7-8-11-12(10(3)4)15(9-6-2)14-13-11/h10H,5-9H2,1-4H3. The average molecular weight is 209 g/mol. The first-order chi connectivity index (χ1) is 7.20. The van der Waals surface area contributed by atoms with Gasteiger partial charge in [-0.1, -0.05) is 39.3 Å². The minimum absolute atomic E-state index is 0.526. The van der Waals surface area contributed by atoms with E-state index in [9.17, 15) is 0 Å². The third kappa shape index (κ3) is 3.05. The molecule has 0 N–H and O–H groups in total. The summed E-state index contributed by atoms with van der Waals surface area (Å²) in [6, 6.07) is 0. The fraction of sp³-hybridized carbons (Fsp3) is 0.833. The van der Waals surface area contributed by atoms with Gasteiger partial charge in [-0.2, -0.15) is 0 Å². The Hall–Kier alpha value is -0.860. The Morgan fingerprint density at radius 1 is 1.20 bits per heavy atom. The molecule has 0 spiro atoms. The minimum Gasteiger partial charge on any atom is -0.249 e. The van der Waals surface area contributed by atoms with Gasteiger partial charge in [0.2, 0.25) is 0 Å². The van der Waals surface area contributed by atoms with Crippen LogP contribution in [0.3, 0.4) is 0 Å². The predicted molar refractivity (Wildman–Crippen MR) is 63.0 cm³/mol. The highest BCUT2D eigenvalue weighted by Crippen LogP contribution is 2.19. The molecule has 0 atom stereocenters. The second kappa shape index (κ2) is 5.89. The molecular weight excluding hydrogens is 186 g/mol. The van der Waals surface area contributed by atoms with Gasteiger partial charge in [-0.15, -0.1) is 5.10 Å². The first-order valence-electron chi connectivity index (χ1n) is 6.12. The molecule has 3 nitrogen and oxygen atoms in total. The van der Waals surface area contributed by atoms with Crippen LogP contribution in [0.5, 0.6) is 0 Å². The Bertz CT molecular complexity index is 289. The van der Waals surface area contributed by atoms with Crippen molar-refractivity contribution in [3.63, 3.8) is 0 Å². The van der Waals surface area contributed by atoms with Crippen molar-refractivity contribution in [2.45, 2.75) is 65.8 Å². The van der Waals surface area contributed by atoms with Crippen molar-refractivity contribution in [2.24, 2.45) is 0 Å². The summed E-state index contributed by atoms with van der Waals surface area (Å²) in [6.07, 6.45) is 4.63. The van der Waals surface area contributed by atoms with E-state index in [1.54, 1.807) is 0 Å². The molecule has 0 unspecified atom stereocenters. The highest BCUT2D eigenvalue weighted by atomic mass is 15.4. The van der Waals surface area contributed by atoms with E-state index < -0.39 is 0 Å². The van der Waals surface area contributed by atoms with Gasteiger partial charge in [0.15, 0.2) is 0 Å². The summed E-state index contributed by atoms with van der Waals surface area (Å²) in [5, 5.41) is 8.55. The summed E-state index contributed by atoms with van der Waals surface area (Å²) in [5.41, 5.74) is 2.55. The number of aryl methyl sites for hydroxylation is 2. The van der Waals surface area contributed by atoms with Crippen molar-refractivity contribution in [3.05, 3.63) is 11.4 Å². The van der Waals surface area contributed by atoms with E-state index in [1.165, 1.54) is 24.2 Å². The van der Waals surface area contributed by atoms with E-state index in [4.69, 9.17) is 0 Å². The first kappa shape index (κ1) is 12.2. The molecule has 0 amide bonds. The molecule has 86 valence electrons. The molecule has 3 heteroatoms. The first-order valence-corrected chi connectivity index (χ1v) is 6.12. The summed E-state index contributed by atoms with van der Waals surface area (Å²) in [7, 11) is 0. The van der Waals surface area contributed by atoms with Crippen molar-refractivity contribution in [1.29, 1.82) is 0 Å². The van der Waals surface area contributed by atoms with Crippen molar-refractivity contribution in [3.8, 4) is 0 Å². The van der Waals surface area contributed by atoms with Crippen LogP contribution in [0.15, 0.2) is 0 Å². The van der Waals surface area contributed by atoms with E-state index in [2.05, 4.69) is 42.7 Å². The third-order valence-electron chi connectivity index (χ3n) is 2.60. The zero-order chi connectivity index (χ0) is 11.3. The van der Waals surface area contributed by atoms with Gasteiger partial charge in [-0.3, -0.25) is 0 Å². The Balaban J connectivity index is 2.85. The molecule has 0 fully saturated rings. The van der Waals surface area contributed by atoms with Crippen molar-refractivity contribution in [1.82, 2.24) is 15.0 Å². The maximum Gasteiger partial charge on any atom is 0.0861 e. The van der Waals surface area contributed by atoms with E-state index in [0.29, 0.717) is 5.92 Å². The van der Waals surface area contributed by atoms with Gasteiger partial charge < -0.3 is 0 Å². The van der Waals surface area contributed by atoms with Crippen LogP contribution in [0, 0.1) is 0 Å². The van der Waals surface area contributed by atoms with Crippen LogP contribution >= 0.6 is 0 Å². The van der Waals surface area contributed by atoms with Gasteiger partial charge in [-0.25, -0.2) is 4.68 Å². The summed E-state index contributed by atoms with van der Waals surface area (Å²) >= 11 is 0. The normalized spacial score (nSPS) is 11.3. The van der Waals surface area contributed by atoms with Gasteiger partial charge in [0, 0.05) is 6.54 Å². The Kier molecular flexibility index (Phi) is 4.79. The highest BCUT2D eigenvalue weighted by molar-refractivity contribution is 5.14. The molecule has 1 heterocycles. The number of hydrogen-bond acceptors (Lipinski definition) is 2. The Morgan fingerprint density at radius 3 is 2.47 bits per heavy atom. The largest absolute Gasteiger partial charge is 0.249 e. The maximum absolute atomic E-state index is 4.31. The molecule has 0 aliphatic heterocycles. The summed E-state index contributed by atoms with van der Waals surface area (Å²) in [4.78, 5) is 0. The fourth-order valence-corrected chi connectivity index (χ4v) is 1.89. The van der Waals surface area contributed by atoms with E-state index in [1.807, 2.05) is 0 Å². The molecular formula is C12H23N3. The van der Waals surface area contributed by atoms with Crippen LogP contribution in [0.1, 0.15) is 64.3 Å². The zero-order valence-corrected chi connectivity index (χ0v) is 10.5. The van der Waals surface area contributed by atoms with Gasteiger partial charge in [0.1, 0.15) is 0 Å². The smallest absolute Gasteiger partial charge is 0.0861 e. The molecule has 15 heavy (non-hydrogen) atoms. The number of aromatic nitrogens is 3. The van der Waals surface area contributed by atoms with E-state index in [-0.39, 0.29) is 0 Å². The van der Waals surface area contributed by atoms with E-state index in [0.717, 1.165) is 19.4 Å². The van der Waals surface area contributed by atoms with Crippen LogP contribution in [-0.2, 0) is 13.0 Å². The SMILES string of the molecule is CCCCc1nnn(CCC)c1C(C)C. The molecule has 0 aliphatic rings. The van der Waals surface area contributed by atoms with E-state index >= 15 is 0 Å². The second-order valence-corrected chi connectivity index (χ2v) is 4.40. The Labute approximate surface area is 92.9 Å². The summed E-state index contributed by atoms with van der Waals surface area (Å²) < 4.78 is 2.08. The maximum atomic E-state index is 4.31. The van der Waals surface area contributed by atoms with Crippen LogP contribution in [0.4, 0.5) is 0 Å².